The molecule has 2 aromatic carbocycles. The topological polar surface area (TPSA) is 79.5 Å². The Morgan fingerprint density at radius 1 is 1.00 bits per heavy atom. The highest BCUT2D eigenvalue weighted by Crippen LogP contribution is 2.33. The summed E-state index contributed by atoms with van der Waals surface area (Å²) in [6.45, 7) is 0. The molecule has 2 heterocycles. The smallest absolute Gasteiger partial charge is 0.190 e. The minimum atomic E-state index is -0.782. The van der Waals surface area contributed by atoms with E-state index in [1.807, 2.05) is 18.2 Å². The van der Waals surface area contributed by atoms with Crippen molar-refractivity contribution < 1.29 is 13.5 Å². The quantitative estimate of drug-likeness (QED) is 0.605. The second-order valence-corrected chi connectivity index (χ2v) is 5.14. The van der Waals surface area contributed by atoms with Crippen LogP contribution in [0, 0.1) is 11.6 Å². The van der Waals surface area contributed by atoms with Gasteiger partial charge in [-0.25, -0.2) is 13.8 Å². The van der Waals surface area contributed by atoms with Crippen LogP contribution in [0.2, 0.25) is 0 Å². The minimum absolute atomic E-state index is 0.312. The van der Waals surface area contributed by atoms with Gasteiger partial charge < -0.3 is 4.74 Å². The van der Waals surface area contributed by atoms with Crippen LogP contribution in [0.25, 0.3) is 33.5 Å². The number of aromatic nitrogens is 5. The second kappa shape index (κ2) is 5.41. The summed E-state index contributed by atoms with van der Waals surface area (Å²) in [4.78, 5) is 4.10. The average Bonchev–Trinajstić information content (AvgIpc) is 3.23. The Balaban J connectivity index is 1.90. The lowest BCUT2D eigenvalue weighted by atomic mass is 10.0. The highest BCUT2D eigenvalue weighted by atomic mass is 19.1. The van der Waals surface area contributed by atoms with Crippen LogP contribution in [0.5, 0.6) is 5.75 Å². The first-order valence-corrected chi connectivity index (χ1v) is 7.04. The lowest BCUT2D eigenvalue weighted by Gasteiger charge is -2.06. The maximum absolute atomic E-state index is 14.0. The van der Waals surface area contributed by atoms with Crippen LogP contribution in [-0.2, 0) is 0 Å². The third-order valence-corrected chi connectivity index (χ3v) is 3.73. The maximum Gasteiger partial charge on any atom is 0.190 e. The van der Waals surface area contributed by atoms with E-state index in [1.165, 1.54) is 25.6 Å². The Morgan fingerprint density at radius 3 is 2.46 bits per heavy atom. The second-order valence-electron chi connectivity index (χ2n) is 5.14. The van der Waals surface area contributed by atoms with Gasteiger partial charge in [0.15, 0.2) is 23.2 Å². The largest absolute Gasteiger partial charge is 0.491 e. The van der Waals surface area contributed by atoms with Gasteiger partial charge >= 0.3 is 0 Å². The molecule has 0 fully saturated rings. The van der Waals surface area contributed by atoms with Crippen LogP contribution in [0.15, 0.2) is 36.7 Å². The number of nitrogens with zero attached hydrogens (tertiary/aromatic N) is 3. The number of nitrogens with one attached hydrogen (secondary N) is 2. The van der Waals surface area contributed by atoms with Gasteiger partial charge in [-0.15, -0.1) is 0 Å². The fraction of sp³-hybridized carbons (Fsp3) is 0.0625. The molecule has 0 saturated carbocycles. The first-order chi connectivity index (χ1) is 11.7. The molecule has 6 nitrogen and oxygen atoms in total. The van der Waals surface area contributed by atoms with Gasteiger partial charge in [-0.05, 0) is 30.3 Å². The highest BCUT2D eigenvalue weighted by molar-refractivity contribution is 5.95. The Labute approximate surface area is 134 Å². The lowest BCUT2D eigenvalue weighted by molar-refractivity contribution is 0.360. The van der Waals surface area contributed by atoms with E-state index in [2.05, 4.69) is 25.4 Å². The number of methoxy groups -OCH3 is 1. The molecule has 0 bridgehead atoms. The van der Waals surface area contributed by atoms with Crippen molar-refractivity contribution >= 4 is 10.9 Å². The number of aromatic amines is 2. The molecule has 2 N–H and O–H groups in total. The number of ether oxygens (including phenoxy) is 1. The SMILES string of the molecule is COc1c(F)cc(-c2n[nH]c3ccc(-c4ncn[nH]4)cc23)cc1F. The first-order valence-electron chi connectivity index (χ1n) is 7.04. The van der Waals surface area contributed by atoms with E-state index in [0.717, 1.165) is 11.1 Å². The molecule has 0 aliphatic rings. The Morgan fingerprint density at radius 2 is 1.79 bits per heavy atom. The molecule has 0 unspecified atom stereocenters. The van der Waals surface area contributed by atoms with E-state index in [1.54, 1.807) is 0 Å². The zero-order valence-electron chi connectivity index (χ0n) is 12.5. The normalized spacial score (nSPS) is 11.1. The van der Waals surface area contributed by atoms with Crippen molar-refractivity contribution in [2.45, 2.75) is 0 Å². The van der Waals surface area contributed by atoms with E-state index in [0.29, 0.717) is 22.5 Å². The maximum atomic E-state index is 14.0. The van der Waals surface area contributed by atoms with E-state index in [4.69, 9.17) is 4.74 Å². The molecule has 0 atom stereocenters. The van der Waals surface area contributed by atoms with Crippen LogP contribution in [0.3, 0.4) is 0 Å². The minimum Gasteiger partial charge on any atom is -0.491 e. The molecule has 24 heavy (non-hydrogen) atoms. The number of halogens is 2. The fourth-order valence-corrected chi connectivity index (χ4v) is 2.62. The molecule has 0 aliphatic heterocycles. The highest BCUT2D eigenvalue weighted by Gasteiger charge is 2.16. The summed E-state index contributed by atoms with van der Waals surface area (Å²) >= 11 is 0. The third kappa shape index (κ3) is 2.19. The van der Waals surface area contributed by atoms with Gasteiger partial charge in [0.2, 0.25) is 0 Å². The summed E-state index contributed by atoms with van der Waals surface area (Å²) in [6, 6.07) is 7.88. The van der Waals surface area contributed by atoms with Gasteiger partial charge in [-0.1, -0.05) is 0 Å². The van der Waals surface area contributed by atoms with Gasteiger partial charge in [-0.2, -0.15) is 10.2 Å². The molecule has 8 heteroatoms. The van der Waals surface area contributed by atoms with Crippen molar-refractivity contribution in [2.24, 2.45) is 0 Å². The van der Waals surface area contributed by atoms with E-state index >= 15 is 0 Å². The van der Waals surface area contributed by atoms with Gasteiger partial charge in [0.1, 0.15) is 12.0 Å². The number of fused-ring (bicyclic) bond motifs is 1. The van der Waals surface area contributed by atoms with Crippen molar-refractivity contribution in [1.29, 1.82) is 0 Å². The molecular weight excluding hydrogens is 316 g/mol. The summed E-state index contributed by atoms with van der Waals surface area (Å²) in [5.74, 6) is -1.39. The number of rotatable bonds is 3. The predicted molar refractivity (Wildman–Crippen MR) is 83.4 cm³/mol. The monoisotopic (exact) mass is 327 g/mol. The van der Waals surface area contributed by atoms with Crippen molar-refractivity contribution in [3.8, 4) is 28.4 Å². The Bertz CT molecular complexity index is 1000. The summed E-state index contributed by atoms with van der Waals surface area (Å²) < 4.78 is 32.7. The molecule has 0 saturated heterocycles. The summed E-state index contributed by atoms with van der Waals surface area (Å²) in [5, 5.41) is 14.3. The summed E-state index contributed by atoms with van der Waals surface area (Å²) in [6.07, 6.45) is 1.41. The van der Waals surface area contributed by atoms with Crippen LogP contribution in [-0.4, -0.2) is 32.5 Å². The van der Waals surface area contributed by atoms with E-state index in [-0.39, 0.29) is 0 Å². The molecule has 0 spiro atoms. The lowest BCUT2D eigenvalue weighted by Crippen LogP contribution is -1.94. The number of benzene rings is 2. The van der Waals surface area contributed by atoms with Gasteiger partial charge in [-0.3, -0.25) is 10.2 Å². The van der Waals surface area contributed by atoms with Crippen LogP contribution in [0.1, 0.15) is 0 Å². The van der Waals surface area contributed by atoms with Crippen molar-refractivity contribution in [3.05, 3.63) is 48.3 Å². The van der Waals surface area contributed by atoms with Gasteiger partial charge in [0.05, 0.1) is 12.6 Å². The molecule has 120 valence electrons. The standard InChI is InChI=1S/C16H11F2N5O/c1-24-15-11(17)5-9(6-12(15)18)14-10-4-8(16-19-7-20-23-16)2-3-13(10)21-22-14/h2-7H,1H3,(H,21,22)(H,19,20,23). The molecule has 0 radical (unpaired) electrons. The summed E-state index contributed by atoms with van der Waals surface area (Å²) in [5.41, 5.74) is 2.28. The molecule has 4 rings (SSSR count). The van der Waals surface area contributed by atoms with Crippen molar-refractivity contribution in [3.63, 3.8) is 0 Å². The molecule has 0 amide bonds. The van der Waals surface area contributed by atoms with E-state index < -0.39 is 17.4 Å². The van der Waals surface area contributed by atoms with Crippen LogP contribution >= 0.6 is 0 Å². The fourth-order valence-electron chi connectivity index (χ4n) is 2.62. The van der Waals surface area contributed by atoms with Crippen LogP contribution < -0.4 is 4.74 Å². The molecule has 4 aromatic rings. The van der Waals surface area contributed by atoms with Crippen LogP contribution in [0.4, 0.5) is 8.78 Å². The Kier molecular flexibility index (Phi) is 3.23. The van der Waals surface area contributed by atoms with Crippen molar-refractivity contribution in [2.75, 3.05) is 7.11 Å². The average molecular weight is 327 g/mol. The first kappa shape index (κ1) is 14.3. The molecule has 2 aromatic heterocycles. The van der Waals surface area contributed by atoms with Gasteiger partial charge in [0, 0.05) is 16.5 Å². The summed E-state index contributed by atoms with van der Waals surface area (Å²) in [7, 11) is 1.22. The predicted octanol–water partition coefficient (Wildman–Crippen LogP) is 3.30. The van der Waals surface area contributed by atoms with E-state index in [9.17, 15) is 8.78 Å². The Hall–Kier alpha value is -3.29. The molecular formula is C16H11F2N5O. The van der Waals surface area contributed by atoms with Gasteiger partial charge in [0.25, 0.3) is 0 Å². The molecule has 0 aliphatic carbocycles. The number of hydrogen-bond acceptors (Lipinski definition) is 4. The zero-order chi connectivity index (χ0) is 16.7. The zero-order valence-corrected chi connectivity index (χ0v) is 12.5. The van der Waals surface area contributed by atoms with Crippen molar-refractivity contribution in [1.82, 2.24) is 25.4 Å². The third-order valence-electron chi connectivity index (χ3n) is 3.73. The number of H-pyrrole nitrogens is 2. The number of hydrogen-bond donors (Lipinski definition) is 2.